The van der Waals surface area contributed by atoms with Gasteiger partial charge in [-0.15, -0.1) is 0 Å². The first-order valence-corrected chi connectivity index (χ1v) is 51.1. The van der Waals surface area contributed by atoms with E-state index in [4.69, 9.17) is 0 Å². The number of unbranched alkanes of at least 4 members (excludes halogenated alkanes) is 67. The molecule has 4 heteroatoms. The first-order chi connectivity index (χ1) is 40.1. The van der Waals surface area contributed by atoms with Crippen molar-refractivity contribution in [3.05, 3.63) is 0 Å². The summed E-state index contributed by atoms with van der Waals surface area (Å²) < 4.78 is 0. The Balaban J connectivity index is 0. The fourth-order valence-electron chi connectivity index (χ4n) is 12.9. The van der Waals surface area contributed by atoms with Crippen LogP contribution < -0.4 is 0 Å². The average Bonchev–Trinajstić information content (AvgIpc) is 3.46. The van der Waals surface area contributed by atoms with Crippen LogP contribution in [0.15, 0.2) is 0 Å². The monoisotopic (exact) mass is 1340 g/mol. The maximum atomic E-state index is 3.99. The summed E-state index contributed by atoms with van der Waals surface area (Å²) in [4.78, 5) is 0. The zero-order valence-electron chi connectivity index (χ0n) is 59.9. The molecule has 0 aromatic carbocycles. The molecule has 506 valence electrons. The molecule has 0 unspecified atom stereocenters. The summed E-state index contributed by atoms with van der Waals surface area (Å²) >= 11 is 7.98. The van der Waals surface area contributed by atoms with Crippen molar-refractivity contribution in [3.8, 4) is 0 Å². The Labute approximate surface area is 547 Å². The van der Waals surface area contributed by atoms with Crippen molar-refractivity contribution in [2.75, 3.05) is 52.3 Å². The van der Waals surface area contributed by atoms with Crippen molar-refractivity contribution >= 4 is 41.6 Å². The van der Waals surface area contributed by atoms with Crippen molar-refractivity contribution in [2.45, 2.75) is 457 Å². The second-order valence-electron chi connectivity index (χ2n) is 31.0. The van der Waals surface area contributed by atoms with Crippen molar-refractivity contribution in [3.63, 3.8) is 0 Å². The molecule has 0 bridgehead atoms. The summed E-state index contributed by atoms with van der Waals surface area (Å²) in [5.41, 5.74) is 0. The average molecular weight is 1340 g/mol. The summed E-state index contributed by atoms with van der Waals surface area (Å²) in [6.07, 6.45) is 105. The second kappa shape index (κ2) is 66.7. The van der Waals surface area contributed by atoms with Gasteiger partial charge in [-0.25, -0.2) is 0 Å². The van der Waals surface area contributed by atoms with E-state index in [1.54, 1.807) is 0 Å². The van der Waals surface area contributed by atoms with Gasteiger partial charge in [0.1, 0.15) is 0 Å². The topological polar surface area (TPSA) is 0 Å². The van der Waals surface area contributed by atoms with E-state index in [1.165, 1.54) is 455 Å². The van der Waals surface area contributed by atoms with E-state index in [0.717, 1.165) is 0 Å². The number of halogens is 2. The molecule has 0 aliphatic carbocycles. The Morgan fingerprint density at radius 2 is 0.205 bits per heavy atom. The molecule has 0 aromatic rings. The van der Waals surface area contributed by atoms with Crippen LogP contribution in [0, 0.1) is 0 Å². The second-order valence-corrected chi connectivity index (χ2v) is 59.3. The van der Waals surface area contributed by atoms with E-state index in [-0.39, 0.29) is 0 Å². The molecule has 0 radical (unpaired) electrons. The summed E-state index contributed by atoms with van der Waals surface area (Å²) in [6.45, 7) is 19.3. The Hall–Kier alpha value is 1.82. The molecule has 0 heterocycles. The molecule has 0 saturated carbocycles. The summed E-state index contributed by atoms with van der Waals surface area (Å²) in [5.74, 6) is 0. The van der Waals surface area contributed by atoms with Crippen LogP contribution in [0.25, 0.3) is 0 Å². The number of hydrogen-bond donors (Lipinski definition) is 0. The molecule has 0 saturated heterocycles. The predicted molar refractivity (Wildman–Crippen MR) is 407 cm³/mol. The molecular weight excluding hydrogens is 1170 g/mol. The van der Waals surface area contributed by atoms with E-state index in [1.807, 2.05) is 0 Å². The third kappa shape index (κ3) is 90.3. The Morgan fingerprint density at radius 1 is 0.133 bits per heavy atom. The van der Waals surface area contributed by atoms with Crippen LogP contribution in [0.5, 0.6) is 0 Å². The zero-order valence-corrected chi connectivity index (χ0v) is 64.8. The normalized spacial score (nSPS) is 13.0. The fraction of sp³-hybridized carbons (Fsp3) is 1.00. The van der Waals surface area contributed by atoms with E-state index >= 15 is 0 Å². The molecule has 0 atom stereocenters. The molecule has 0 aliphatic rings. The van der Waals surface area contributed by atoms with Gasteiger partial charge in [-0.2, -0.15) is 0 Å². The van der Waals surface area contributed by atoms with Crippen LogP contribution in [0.1, 0.15) is 457 Å². The van der Waals surface area contributed by atoms with Crippen molar-refractivity contribution in [1.29, 1.82) is 0 Å². The molecule has 0 spiro atoms. The van der Waals surface area contributed by atoms with E-state index < -0.39 is 10.6 Å². The standard InChI is InChI=1S/C40H84BrP.C39H82BrP/c1-5-6-7-8-9-10-11-12-13-14-15-16-17-18-19-20-21-22-23-24-25-26-27-28-29-30-31-32-33-34-35-36-37-38-39-40-42(2,3,4)41;1-5-6-7-8-9-10-11-12-13-14-15-16-17-18-19-20-21-22-23-24-25-26-27-28-29-30-31-32-33-34-35-36-37-38-39-41(2,3,4)40/h5-40H2,1-4H3;5-39H2,1-4H3. The van der Waals surface area contributed by atoms with Gasteiger partial charge in [-0.3, -0.25) is 0 Å². The van der Waals surface area contributed by atoms with Crippen molar-refractivity contribution in [2.24, 2.45) is 0 Å². The molecule has 0 N–H and O–H groups in total. The van der Waals surface area contributed by atoms with Gasteiger partial charge < -0.3 is 0 Å². The Morgan fingerprint density at radius 3 is 0.277 bits per heavy atom. The van der Waals surface area contributed by atoms with Gasteiger partial charge >= 0.3 is 235 Å². The van der Waals surface area contributed by atoms with Gasteiger partial charge in [0.25, 0.3) is 0 Å². The molecule has 83 heavy (non-hydrogen) atoms. The van der Waals surface area contributed by atoms with Crippen molar-refractivity contribution < 1.29 is 0 Å². The van der Waals surface area contributed by atoms with E-state index in [0.29, 0.717) is 0 Å². The summed E-state index contributed by atoms with van der Waals surface area (Å²) in [7, 11) is 0. The van der Waals surface area contributed by atoms with Crippen LogP contribution in [-0.2, 0) is 0 Å². The summed E-state index contributed by atoms with van der Waals surface area (Å²) in [5, 5.41) is -2.86. The summed E-state index contributed by atoms with van der Waals surface area (Å²) in [6, 6.07) is 0. The van der Waals surface area contributed by atoms with Gasteiger partial charge in [-0.05, 0) is 0 Å². The molecule has 0 aliphatic heterocycles. The molecule has 0 nitrogen and oxygen atoms in total. The van der Waals surface area contributed by atoms with Crippen molar-refractivity contribution in [1.82, 2.24) is 0 Å². The zero-order chi connectivity index (χ0) is 61.1. The van der Waals surface area contributed by atoms with E-state index in [9.17, 15) is 0 Å². The Kier molecular flexibility index (Phi) is 69.9. The van der Waals surface area contributed by atoms with Crippen LogP contribution in [-0.4, -0.2) is 52.3 Å². The minimum atomic E-state index is -1.43. The first kappa shape index (κ1) is 86.9. The quantitative estimate of drug-likeness (QED) is 0.0421. The molecular formula is C79H166Br2P2. The van der Waals surface area contributed by atoms with Gasteiger partial charge in [0.05, 0.1) is 0 Å². The number of rotatable bonds is 71. The SMILES string of the molecule is CCCCCCCCCCCCCCCCCCCCCCCCCCCCCCCCCCCCCP(C)(C)(C)Br.CCCCCCCCCCCCCCCCCCCCCCCCCCCCCCCCCCCCP(C)(C)(C)Br. The van der Waals surface area contributed by atoms with Gasteiger partial charge in [0.15, 0.2) is 0 Å². The number of hydrogen-bond acceptors (Lipinski definition) is 0. The van der Waals surface area contributed by atoms with Gasteiger partial charge in [0.2, 0.25) is 0 Å². The van der Waals surface area contributed by atoms with Crippen LogP contribution >= 0.6 is 41.6 Å². The third-order valence-electron chi connectivity index (χ3n) is 18.8. The third-order valence-corrected chi connectivity index (χ3v) is 24.6. The molecule has 0 amide bonds. The van der Waals surface area contributed by atoms with Crippen LogP contribution in [0.3, 0.4) is 0 Å². The maximum absolute atomic E-state index is 3.99. The van der Waals surface area contributed by atoms with Gasteiger partial charge in [-0.1, -0.05) is 316 Å². The molecule has 0 rings (SSSR count). The fourth-order valence-corrected chi connectivity index (χ4v) is 17.0. The van der Waals surface area contributed by atoms with Gasteiger partial charge in [0, 0.05) is 0 Å². The van der Waals surface area contributed by atoms with Crippen LogP contribution in [0.4, 0.5) is 0 Å². The van der Waals surface area contributed by atoms with E-state index in [2.05, 4.69) is 84.8 Å². The first-order valence-electron chi connectivity index (χ1n) is 39.6. The predicted octanol–water partition coefficient (Wildman–Crippen LogP) is 32.4. The Bertz CT molecular complexity index is 1160. The van der Waals surface area contributed by atoms with Crippen LogP contribution in [0.2, 0.25) is 0 Å². The molecule has 0 fully saturated rings. The minimum absolute atomic E-state index is 1.37. The molecule has 0 aromatic heterocycles.